The molecule has 8 N–H and O–H groups in total. The first-order chi connectivity index (χ1) is 28.5. The van der Waals surface area contributed by atoms with Gasteiger partial charge in [-0.15, -0.1) is 0 Å². The van der Waals surface area contributed by atoms with E-state index in [4.69, 9.17) is 19.3 Å². The third kappa shape index (κ3) is 37.6. The fourth-order valence-electron chi connectivity index (χ4n) is 5.75. The van der Waals surface area contributed by atoms with Gasteiger partial charge >= 0.3 is 17.9 Å². The van der Waals surface area contributed by atoms with Crippen LogP contribution in [0.5, 0.6) is 0 Å². The third-order valence-corrected chi connectivity index (χ3v) is 9.03. The normalized spacial score (nSPS) is 11.9. The second-order valence-corrected chi connectivity index (χ2v) is 14.2. The van der Waals surface area contributed by atoms with Crippen LogP contribution in [0.25, 0.3) is 0 Å². The lowest BCUT2D eigenvalue weighted by Gasteiger charge is -2.14. The number of ether oxygens (including phenoxy) is 3. The molecule has 5 amide bonds. The molecule has 0 bridgehead atoms. The maximum absolute atomic E-state index is 12.3. The Balaban J connectivity index is 3.70. The first-order valence-electron chi connectivity index (χ1n) is 21.2. The molecule has 0 saturated carbocycles. The predicted molar refractivity (Wildman–Crippen MR) is 216 cm³/mol. The Morgan fingerprint density at radius 1 is 0.458 bits per heavy atom. The number of carboxylic acids is 3. The monoisotopic (exact) mass is 845 g/mol. The first-order valence-corrected chi connectivity index (χ1v) is 21.2. The average Bonchev–Trinajstić information content (AvgIpc) is 3.19. The van der Waals surface area contributed by atoms with Crippen LogP contribution in [-0.4, -0.2) is 135 Å². The predicted octanol–water partition coefficient (Wildman–Crippen LogP) is 2.43. The molecule has 0 heterocycles. The molecule has 0 fully saturated rings. The van der Waals surface area contributed by atoms with Crippen molar-refractivity contribution in [2.75, 3.05) is 59.3 Å². The van der Waals surface area contributed by atoms with E-state index in [0.29, 0.717) is 71.9 Å². The van der Waals surface area contributed by atoms with E-state index in [2.05, 4.69) is 26.6 Å². The SMILES string of the molecule is O=CNCC(=O)N[C@@H](CCC(=O)NCCCOCCOCCOCCCNC(=O)C[C@H](NC(=O)CCCCCCCCCCCCCCCCC(=O)O)C(=O)O)C(=O)O. The van der Waals surface area contributed by atoms with Crippen molar-refractivity contribution in [3.05, 3.63) is 0 Å². The molecule has 59 heavy (non-hydrogen) atoms. The largest absolute Gasteiger partial charge is 0.481 e. The number of hydrogen-bond acceptors (Lipinski definition) is 11. The summed E-state index contributed by atoms with van der Waals surface area (Å²) in [5.41, 5.74) is 0. The van der Waals surface area contributed by atoms with Gasteiger partial charge in [0, 0.05) is 45.6 Å². The Morgan fingerprint density at radius 3 is 1.34 bits per heavy atom. The molecule has 0 aliphatic heterocycles. The van der Waals surface area contributed by atoms with Crippen LogP contribution in [0.2, 0.25) is 0 Å². The van der Waals surface area contributed by atoms with Gasteiger partial charge in [0.15, 0.2) is 0 Å². The molecule has 0 rings (SSSR count). The summed E-state index contributed by atoms with van der Waals surface area (Å²) in [6.45, 7) is 2.31. The van der Waals surface area contributed by atoms with Gasteiger partial charge in [-0.3, -0.25) is 28.8 Å². The zero-order valence-corrected chi connectivity index (χ0v) is 34.8. The van der Waals surface area contributed by atoms with E-state index >= 15 is 0 Å². The van der Waals surface area contributed by atoms with E-state index in [1.54, 1.807) is 0 Å². The van der Waals surface area contributed by atoms with Crippen molar-refractivity contribution < 1.29 is 67.9 Å². The van der Waals surface area contributed by atoms with E-state index in [-0.39, 0.29) is 57.0 Å². The molecule has 0 unspecified atom stereocenters. The lowest BCUT2D eigenvalue weighted by Crippen LogP contribution is -2.45. The molecular weight excluding hydrogens is 774 g/mol. The van der Waals surface area contributed by atoms with E-state index in [0.717, 1.165) is 44.9 Å². The number of carbonyl (C=O) groups is 8. The Labute approximate surface area is 348 Å². The van der Waals surface area contributed by atoms with Crippen LogP contribution in [0, 0.1) is 0 Å². The quantitative estimate of drug-likeness (QED) is 0.0323. The Hall–Kier alpha value is -4.36. The Kier molecular flexibility index (Phi) is 36.2. The lowest BCUT2D eigenvalue weighted by molar-refractivity contribution is -0.143. The van der Waals surface area contributed by atoms with Crippen LogP contribution in [0.15, 0.2) is 0 Å². The molecule has 0 spiro atoms. The smallest absolute Gasteiger partial charge is 0.326 e. The molecule has 0 aromatic rings. The molecule has 0 aliphatic carbocycles. The van der Waals surface area contributed by atoms with Gasteiger partial charge in [0.25, 0.3) is 0 Å². The first kappa shape index (κ1) is 54.6. The van der Waals surface area contributed by atoms with Gasteiger partial charge in [-0.05, 0) is 32.1 Å². The summed E-state index contributed by atoms with van der Waals surface area (Å²) < 4.78 is 16.3. The number of unbranched alkanes of at least 4 members (excludes halogenated alkanes) is 13. The molecular formula is C40H71N5O14. The fraction of sp³-hybridized carbons (Fsp3) is 0.800. The Morgan fingerprint density at radius 2 is 0.881 bits per heavy atom. The van der Waals surface area contributed by atoms with Gasteiger partial charge in [-0.25, -0.2) is 9.59 Å². The highest BCUT2D eigenvalue weighted by molar-refractivity contribution is 5.88. The summed E-state index contributed by atoms with van der Waals surface area (Å²) in [5.74, 6) is -5.16. The second kappa shape index (κ2) is 39.1. The van der Waals surface area contributed by atoms with Crippen molar-refractivity contribution in [3.8, 4) is 0 Å². The van der Waals surface area contributed by atoms with Crippen LogP contribution in [0.3, 0.4) is 0 Å². The van der Waals surface area contributed by atoms with E-state index in [9.17, 15) is 48.6 Å². The van der Waals surface area contributed by atoms with Crippen molar-refractivity contribution in [2.24, 2.45) is 0 Å². The molecule has 0 saturated heterocycles. The highest BCUT2D eigenvalue weighted by Gasteiger charge is 2.23. The minimum absolute atomic E-state index is 0.104. The highest BCUT2D eigenvalue weighted by atomic mass is 16.5. The van der Waals surface area contributed by atoms with Gasteiger partial charge < -0.3 is 56.1 Å². The topological polar surface area (TPSA) is 285 Å². The molecule has 0 aromatic heterocycles. The van der Waals surface area contributed by atoms with Crippen LogP contribution < -0.4 is 26.6 Å². The summed E-state index contributed by atoms with van der Waals surface area (Å²) in [6, 6.07) is -2.55. The number of rotatable bonds is 43. The van der Waals surface area contributed by atoms with Gasteiger partial charge in [-0.1, -0.05) is 77.0 Å². The summed E-state index contributed by atoms with van der Waals surface area (Å²) in [6.07, 6.45) is 16.2. The maximum atomic E-state index is 12.3. The summed E-state index contributed by atoms with van der Waals surface area (Å²) in [4.78, 5) is 91.7. The maximum Gasteiger partial charge on any atom is 0.326 e. The van der Waals surface area contributed by atoms with Crippen LogP contribution in [-0.2, 0) is 52.6 Å². The molecule has 19 nitrogen and oxygen atoms in total. The van der Waals surface area contributed by atoms with E-state index in [1.807, 2.05) is 0 Å². The standard InChI is InChI=1S/C40H71N5O14/c46-31-41-30-37(50)44-32(39(53)54)19-20-34(47)42-21-15-23-57-25-27-59-28-26-58-24-16-22-43-36(49)29-33(40(55)56)45-35(48)17-13-11-9-7-5-3-1-2-4-6-8-10-12-14-18-38(51)52/h31-33H,1-30H2,(H,41,46)(H,42,47)(H,43,49)(H,44,50)(H,45,48)(H,51,52)(H,53,54)(H,55,56)/t32-,33-/m0/s1. The molecule has 340 valence electrons. The number of nitrogens with one attached hydrogen (secondary N) is 5. The zero-order chi connectivity index (χ0) is 43.8. The van der Waals surface area contributed by atoms with E-state index < -0.39 is 41.8 Å². The van der Waals surface area contributed by atoms with Gasteiger partial charge in [0.2, 0.25) is 30.0 Å². The van der Waals surface area contributed by atoms with Crippen molar-refractivity contribution in [2.45, 2.75) is 147 Å². The number of hydrogen-bond donors (Lipinski definition) is 8. The number of amides is 5. The summed E-state index contributed by atoms with van der Waals surface area (Å²) >= 11 is 0. The second-order valence-electron chi connectivity index (χ2n) is 14.2. The molecule has 0 radical (unpaired) electrons. The summed E-state index contributed by atoms with van der Waals surface area (Å²) in [7, 11) is 0. The minimum Gasteiger partial charge on any atom is -0.481 e. The number of aliphatic carboxylic acids is 3. The van der Waals surface area contributed by atoms with Crippen molar-refractivity contribution in [1.29, 1.82) is 0 Å². The molecule has 19 heteroatoms. The van der Waals surface area contributed by atoms with Gasteiger partial charge in [-0.2, -0.15) is 0 Å². The number of carboxylic acid groups (broad SMARTS) is 3. The highest BCUT2D eigenvalue weighted by Crippen LogP contribution is 2.14. The molecule has 2 atom stereocenters. The Bertz CT molecular complexity index is 1190. The average molecular weight is 846 g/mol. The molecule has 0 aliphatic rings. The molecule has 0 aromatic carbocycles. The fourth-order valence-corrected chi connectivity index (χ4v) is 5.75. The summed E-state index contributed by atoms with van der Waals surface area (Å²) in [5, 5.41) is 39.4. The van der Waals surface area contributed by atoms with Crippen LogP contribution in [0.1, 0.15) is 135 Å². The van der Waals surface area contributed by atoms with Gasteiger partial charge in [0.1, 0.15) is 12.1 Å². The van der Waals surface area contributed by atoms with Crippen LogP contribution >= 0.6 is 0 Å². The van der Waals surface area contributed by atoms with Crippen molar-refractivity contribution in [1.82, 2.24) is 26.6 Å². The van der Waals surface area contributed by atoms with Crippen LogP contribution in [0.4, 0.5) is 0 Å². The van der Waals surface area contributed by atoms with Crippen molar-refractivity contribution in [3.63, 3.8) is 0 Å². The van der Waals surface area contributed by atoms with E-state index in [1.165, 1.54) is 38.5 Å². The zero-order valence-electron chi connectivity index (χ0n) is 34.8. The lowest BCUT2D eigenvalue weighted by atomic mass is 10.0. The van der Waals surface area contributed by atoms with Crippen molar-refractivity contribution >= 4 is 47.9 Å². The number of carbonyl (C=O) groups excluding carboxylic acids is 5. The van der Waals surface area contributed by atoms with Gasteiger partial charge in [0.05, 0.1) is 39.4 Å². The third-order valence-electron chi connectivity index (χ3n) is 9.03. The minimum atomic E-state index is -1.30.